The molecule has 0 aliphatic rings. The third kappa shape index (κ3) is 7.58. The highest BCUT2D eigenvalue weighted by Crippen LogP contribution is 2.25. The minimum absolute atomic E-state index is 0.0327. The number of pyridine rings is 1. The van der Waals surface area contributed by atoms with Gasteiger partial charge in [0.15, 0.2) is 5.75 Å². The Morgan fingerprint density at radius 2 is 1.58 bits per heavy atom. The molecule has 0 atom stereocenters. The van der Waals surface area contributed by atoms with Gasteiger partial charge in [0.1, 0.15) is 6.54 Å². The van der Waals surface area contributed by atoms with Gasteiger partial charge in [0.2, 0.25) is 5.82 Å². The van der Waals surface area contributed by atoms with Crippen molar-refractivity contribution >= 4 is 29.1 Å². The smallest absolute Gasteiger partial charge is 0.335 e. The second kappa shape index (κ2) is 11.1. The molecule has 2 aromatic carbocycles. The van der Waals surface area contributed by atoms with Crippen molar-refractivity contribution in [2.45, 2.75) is 6.92 Å². The number of carboxylic acids is 2. The van der Waals surface area contributed by atoms with Crippen LogP contribution < -0.4 is 4.90 Å². The summed E-state index contributed by atoms with van der Waals surface area (Å²) in [6.45, 7) is 1.72. The number of rotatable bonds is 6. The largest absolute Gasteiger partial charge is 0.504 e. The highest BCUT2D eigenvalue weighted by Gasteiger charge is 2.07. The first-order valence-corrected chi connectivity index (χ1v) is 9.16. The summed E-state index contributed by atoms with van der Waals surface area (Å²) in [6, 6.07) is 18.6. The van der Waals surface area contributed by atoms with Gasteiger partial charge in [-0.2, -0.15) is 0 Å². The topological polar surface area (TPSA) is 136 Å². The molecule has 9 nitrogen and oxygen atoms in total. The molecule has 3 rings (SSSR count). The van der Waals surface area contributed by atoms with Gasteiger partial charge in [-0.05, 0) is 55.5 Å². The first-order valence-electron chi connectivity index (χ1n) is 9.16. The van der Waals surface area contributed by atoms with Crippen LogP contribution in [0.25, 0.3) is 0 Å². The number of aromatic hydroxyl groups is 1. The molecule has 0 aliphatic carbocycles. The molecule has 9 heteroatoms. The van der Waals surface area contributed by atoms with Crippen molar-refractivity contribution in [3.05, 3.63) is 78.0 Å². The molecule has 0 bridgehead atoms. The predicted octanol–water partition coefficient (Wildman–Crippen LogP) is 4.42. The monoisotopic (exact) mass is 422 g/mol. The van der Waals surface area contributed by atoms with Crippen molar-refractivity contribution in [3.63, 3.8) is 0 Å². The molecular weight excluding hydrogens is 400 g/mol. The van der Waals surface area contributed by atoms with E-state index in [4.69, 9.17) is 10.2 Å². The zero-order valence-electron chi connectivity index (χ0n) is 17.0. The Kier molecular flexibility index (Phi) is 8.21. The fourth-order valence-corrected chi connectivity index (χ4v) is 2.36. The summed E-state index contributed by atoms with van der Waals surface area (Å²) in [7, 11) is 1.63. The van der Waals surface area contributed by atoms with Crippen molar-refractivity contribution in [2.24, 2.45) is 10.2 Å². The zero-order valence-corrected chi connectivity index (χ0v) is 17.0. The van der Waals surface area contributed by atoms with Crippen LogP contribution in [0.3, 0.4) is 0 Å². The van der Waals surface area contributed by atoms with Crippen molar-refractivity contribution < 1.29 is 24.9 Å². The number of anilines is 1. The Morgan fingerprint density at radius 1 is 0.935 bits per heavy atom. The summed E-state index contributed by atoms with van der Waals surface area (Å²) in [5.41, 5.74) is 2.37. The Bertz CT molecular complexity index is 1050. The maximum absolute atomic E-state index is 10.6. The number of likely N-dealkylation sites (N-methyl/N-ethyl adjacent to an activating group) is 1. The number of azo groups is 1. The fraction of sp³-hybridized carbons (Fsp3) is 0.136. The minimum Gasteiger partial charge on any atom is -0.504 e. The SMILES string of the molecule is CN(CC(=O)O)c1ccc(C(=O)O)cc1.Cc1ccc(O)c(N=Nc2ccccc2)n1. The van der Waals surface area contributed by atoms with E-state index >= 15 is 0 Å². The highest BCUT2D eigenvalue weighted by atomic mass is 16.4. The molecule has 0 unspecified atom stereocenters. The van der Waals surface area contributed by atoms with Gasteiger partial charge in [-0.15, -0.1) is 10.2 Å². The second-order valence-electron chi connectivity index (χ2n) is 6.43. The Hall–Kier alpha value is -4.27. The summed E-state index contributed by atoms with van der Waals surface area (Å²) >= 11 is 0. The van der Waals surface area contributed by atoms with Crippen molar-refractivity contribution in [2.75, 3.05) is 18.5 Å². The van der Waals surface area contributed by atoms with Crippen LogP contribution in [0, 0.1) is 6.92 Å². The van der Waals surface area contributed by atoms with E-state index in [-0.39, 0.29) is 23.7 Å². The maximum Gasteiger partial charge on any atom is 0.335 e. The van der Waals surface area contributed by atoms with E-state index in [1.807, 2.05) is 37.3 Å². The molecule has 1 aromatic heterocycles. The number of aliphatic carboxylic acids is 1. The molecule has 0 amide bonds. The number of hydrogen-bond acceptors (Lipinski definition) is 7. The van der Waals surface area contributed by atoms with Gasteiger partial charge in [0.25, 0.3) is 0 Å². The number of carboxylic acid groups (broad SMARTS) is 2. The molecule has 160 valence electrons. The van der Waals surface area contributed by atoms with Crippen LogP contribution in [-0.2, 0) is 4.79 Å². The van der Waals surface area contributed by atoms with Gasteiger partial charge in [-0.25, -0.2) is 9.78 Å². The molecule has 31 heavy (non-hydrogen) atoms. The van der Waals surface area contributed by atoms with Gasteiger partial charge in [0, 0.05) is 18.4 Å². The number of aromatic carboxylic acids is 1. The number of nitrogens with zero attached hydrogens (tertiary/aromatic N) is 4. The Labute approximate surface area is 179 Å². The summed E-state index contributed by atoms with van der Waals surface area (Å²) in [5.74, 6) is -1.66. The number of aromatic nitrogens is 1. The Morgan fingerprint density at radius 3 is 2.16 bits per heavy atom. The van der Waals surface area contributed by atoms with Crippen LogP contribution in [0.5, 0.6) is 5.75 Å². The van der Waals surface area contributed by atoms with E-state index in [9.17, 15) is 14.7 Å². The molecule has 0 spiro atoms. The summed E-state index contributed by atoms with van der Waals surface area (Å²) < 4.78 is 0. The Balaban J connectivity index is 0.000000221. The molecular formula is C22H22N4O5. The molecule has 1 heterocycles. The van der Waals surface area contributed by atoms with Crippen LogP contribution in [0.1, 0.15) is 16.1 Å². The average Bonchev–Trinajstić information content (AvgIpc) is 2.75. The lowest BCUT2D eigenvalue weighted by Gasteiger charge is -2.16. The van der Waals surface area contributed by atoms with Gasteiger partial charge >= 0.3 is 11.9 Å². The van der Waals surface area contributed by atoms with E-state index in [1.54, 1.807) is 31.3 Å². The van der Waals surface area contributed by atoms with Crippen LogP contribution in [0.15, 0.2) is 77.0 Å². The number of aryl methyl sites for hydroxylation is 1. The average molecular weight is 422 g/mol. The molecule has 3 aromatic rings. The lowest BCUT2D eigenvalue weighted by molar-refractivity contribution is -0.135. The quantitative estimate of drug-likeness (QED) is 0.500. The lowest BCUT2D eigenvalue weighted by atomic mass is 10.2. The molecule has 0 radical (unpaired) electrons. The predicted molar refractivity (Wildman–Crippen MR) is 116 cm³/mol. The summed E-state index contributed by atoms with van der Waals surface area (Å²) in [6.07, 6.45) is 0. The van der Waals surface area contributed by atoms with Gasteiger partial charge in [-0.1, -0.05) is 18.2 Å². The molecule has 0 saturated heterocycles. The molecule has 0 aliphatic heterocycles. The number of carbonyl (C=O) groups is 2. The summed E-state index contributed by atoms with van der Waals surface area (Å²) in [4.78, 5) is 26.6. The van der Waals surface area contributed by atoms with E-state index in [2.05, 4.69) is 15.2 Å². The van der Waals surface area contributed by atoms with Gasteiger partial charge in [0.05, 0.1) is 11.3 Å². The molecule has 0 fully saturated rings. The minimum atomic E-state index is -0.998. The fourth-order valence-electron chi connectivity index (χ4n) is 2.36. The standard InChI is InChI=1S/C12H11N3O.C10H11NO4/c1-9-7-8-11(16)12(13-9)15-14-10-5-3-2-4-6-10;1-11(6-9(12)13)8-4-2-7(3-5-8)10(14)15/h2-8,16H,1H3;2-5H,6H2,1H3,(H,12,13)(H,14,15). The van der Waals surface area contributed by atoms with Crippen molar-refractivity contribution in [1.29, 1.82) is 0 Å². The third-order valence-corrected chi connectivity index (χ3v) is 3.94. The summed E-state index contributed by atoms with van der Waals surface area (Å²) in [5, 5.41) is 34.6. The first-order chi connectivity index (χ1) is 14.8. The second-order valence-corrected chi connectivity index (χ2v) is 6.43. The van der Waals surface area contributed by atoms with Crippen LogP contribution in [0.4, 0.5) is 17.2 Å². The maximum atomic E-state index is 10.6. The number of hydrogen-bond donors (Lipinski definition) is 3. The lowest BCUT2D eigenvalue weighted by Crippen LogP contribution is -2.24. The van der Waals surface area contributed by atoms with Crippen LogP contribution in [0.2, 0.25) is 0 Å². The normalized spacial score (nSPS) is 10.3. The van der Waals surface area contributed by atoms with Crippen molar-refractivity contribution in [1.82, 2.24) is 4.98 Å². The van der Waals surface area contributed by atoms with Gasteiger partial charge in [-0.3, -0.25) is 4.79 Å². The molecule has 0 saturated carbocycles. The molecule has 3 N–H and O–H groups in total. The van der Waals surface area contributed by atoms with E-state index in [0.717, 1.165) is 11.4 Å². The number of benzene rings is 2. The highest BCUT2D eigenvalue weighted by molar-refractivity contribution is 5.88. The van der Waals surface area contributed by atoms with E-state index in [1.165, 1.54) is 17.0 Å². The van der Waals surface area contributed by atoms with Crippen LogP contribution >= 0.6 is 0 Å². The van der Waals surface area contributed by atoms with Gasteiger partial charge < -0.3 is 20.2 Å². The van der Waals surface area contributed by atoms with Crippen LogP contribution in [-0.4, -0.2) is 45.8 Å². The van der Waals surface area contributed by atoms with E-state index < -0.39 is 11.9 Å². The van der Waals surface area contributed by atoms with E-state index in [0.29, 0.717) is 5.69 Å². The zero-order chi connectivity index (χ0) is 22.8. The third-order valence-electron chi connectivity index (χ3n) is 3.94. The first kappa shape index (κ1) is 23.0. The van der Waals surface area contributed by atoms with Crippen molar-refractivity contribution in [3.8, 4) is 5.75 Å².